The van der Waals surface area contributed by atoms with Crippen molar-refractivity contribution in [1.82, 2.24) is 4.90 Å². The molecule has 2 aliphatic heterocycles. The van der Waals surface area contributed by atoms with Gasteiger partial charge in [-0.25, -0.2) is 4.79 Å². The van der Waals surface area contributed by atoms with Crippen molar-refractivity contribution in [1.29, 1.82) is 0 Å². The van der Waals surface area contributed by atoms with E-state index in [9.17, 15) is 15.0 Å². The molecule has 0 spiro atoms. The van der Waals surface area contributed by atoms with Gasteiger partial charge in [0, 0.05) is 6.54 Å². The summed E-state index contributed by atoms with van der Waals surface area (Å²) in [6.45, 7) is 1.73. The van der Waals surface area contributed by atoms with Crippen LogP contribution in [0.1, 0.15) is 6.92 Å². The van der Waals surface area contributed by atoms with Crippen molar-refractivity contribution in [2.75, 3.05) is 20.3 Å². The molecule has 0 radical (unpaired) electrons. The molecular formula is C11H18N2O6S. The lowest BCUT2D eigenvalue weighted by molar-refractivity contribution is -0.164. The van der Waals surface area contributed by atoms with Gasteiger partial charge in [0.15, 0.2) is 5.17 Å². The van der Waals surface area contributed by atoms with Gasteiger partial charge < -0.3 is 24.8 Å². The van der Waals surface area contributed by atoms with Gasteiger partial charge >= 0.3 is 6.09 Å². The molecule has 5 atom stereocenters. The third kappa shape index (κ3) is 2.63. The van der Waals surface area contributed by atoms with E-state index in [2.05, 4.69) is 9.73 Å². The number of methoxy groups -OCH3 is 1. The number of nitrogens with zero attached hydrogens (tertiary/aromatic N) is 2. The van der Waals surface area contributed by atoms with Crippen LogP contribution in [-0.2, 0) is 9.47 Å². The molecule has 0 aromatic heterocycles. The van der Waals surface area contributed by atoms with Gasteiger partial charge in [0.1, 0.15) is 29.8 Å². The smallest absolute Gasteiger partial charge is 0.415 e. The summed E-state index contributed by atoms with van der Waals surface area (Å²) in [4.78, 5) is 17.2. The van der Waals surface area contributed by atoms with Crippen molar-refractivity contribution < 1.29 is 29.6 Å². The molecule has 0 aromatic carbocycles. The average Bonchev–Trinajstić information content (AvgIpc) is 2.87. The fourth-order valence-electron chi connectivity index (χ4n) is 2.15. The Morgan fingerprint density at radius 3 is 2.75 bits per heavy atom. The first-order valence-corrected chi connectivity index (χ1v) is 7.13. The monoisotopic (exact) mass is 306 g/mol. The maximum absolute atomic E-state index is 11.6. The van der Waals surface area contributed by atoms with E-state index in [4.69, 9.17) is 9.84 Å². The Morgan fingerprint density at radius 2 is 2.20 bits per heavy atom. The summed E-state index contributed by atoms with van der Waals surface area (Å²) < 4.78 is 10.1. The number of fused-ring (bicyclic) bond motifs is 1. The van der Waals surface area contributed by atoms with Crippen LogP contribution in [0.25, 0.3) is 0 Å². The molecule has 0 aromatic rings. The van der Waals surface area contributed by atoms with Crippen molar-refractivity contribution in [3.05, 3.63) is 0 Å². The van der Waals surface area contributed by atoms with Crippen LogP contribution in [0.15, 0.2) is 4.99 Å². The third-order valence-electron chi connectivity index (χ3n) is 3.27. The van der Waals surface area contributed by atoms with Gasteiger partial charge in [0.25, 0.3) is 0 Å². The molecule has 1 amide bonds. The molecule has 114 valence electrons. The lowest BCUT2D eigenvalue weighted by Gasteiger charge is -2.37. The Bertz CT molecular complexity index is 406. The summed E-state index contributed by atoms with van der Waals surface area (Å²) in [5.41, 5.74) is -0.542. The number of amidine groups is 1. The molecule has 2 heterocycles. The largest absolute Gasteiger partial charge is 0.452 e. The summed E-state index contributed by atoms with van der Waals surface area (Å²) in [5, 5.41) is 29.3. The van der Waals surface area contributed by atoms with E-state index in [1.165, 1.54) is 23.8 Å². The van der Waals surface area contributed by atoms with Gasteiger partial charge in [0.05, 0.1) is 13.7 Å². The third-order valence-corrected chi connectivity index (χ3v) is 4.43. The second-order valence-corrected chi connectivity index (χ2v) is 5.51. The van der Waals surface area contributed by atoms with Crippen LogP contribution in [0, 0.1) is 0 Å². The summed E-state index contributed by atoms with van der Waals surface area (Å²) in [6, 6.07) is -0.675. The Balaban J connectivity index is 2.16. The molecule has 1 fully saturated rings. The zero-order chi connectivity index (χ0) is 14.9. The first-order valence-electron chi connectivity index (χ1n) is 6.25. The molecule has 0 saturated carbocycles. The molecule has 0 bridgehead atoms. The normalized spacial score (nSPS) is 36.2. The van der Waals surface area contributed by atoms with Crippen molar-refractivity contribution >= 4 is 23.0 Å². The predicted molar refractivity (Wildman–Crippen MR) is 71.4 cm³/mol. The lowest BCUT2D eigenvalue weighted by atomic mass is 9.99. The Hall–Kier alpha value is -0.870. The van der Waals surface area contributed by atoms with Crippen LogP contribution in [0.5, 0.6) is 0 Å². The highest BCUT2D eigenvalue weighted by Crippen LogP contribution is 2.37. The van der Waals surface area contributed by atoms with Gasteiger partial charge in [-0.05, 0) is 6.92 Å². The molecule has 8 nitrogen and oxygen atoms in total. The van der Waals surface area contributed by atoms with E-state index in [-0.39, 0.29) is 0 Å². The second-order valence-electron chi connectivity index (χ2n) is 4.44. The van der Waals surface area contributed by atoms with Crippen LogP contribution in [-0.4, -0.2) is 81.5 Å². The fourth-order valence-corrected chi connectivity index (χ4v) is 3.43. The Kier molecular flexibility index (Phi) is 4.86. The van der Waals surface area contributed by atoms with E-state index in [1.807, 2.05) is 0 Å². The molecule has 0 aliphatic carbocycles. The number of hydrogen-bond acceptors (Lipinski definition) is 8. The number of rotatable bonds is 2. The number of aliphatic hydroxyl groups is 3. The molecule has 0 unspecified atom stereocenters. The van der Waals surface area contributed by atoms with Gasteiger partial charge in [-0.2, -0.15) is 0 Å². The van der Waals surface area contributed by atoms with Gasteiger partial charge in [-0.1, -0.05) is 11.8 Å². The van der Waals surface area contributed by atoms with Crippen molar-refractivity contribution in [3.63, 3.8) is 0 Å². The van der Waals surface area contributed by atoms with E-state index < -0.39 is 42.5 Å². The molecule has 9 heteroatoms. The van der Waals surface area contributed by atoms with Crippen molar-refractivity contribution in [2.45, 2.75) is 36.7 Å². The number of ether oxygens (including phenoxy) is 2. The molecule has 3 N–H and O–H groups in total. The van der Waals surface area contributed by atoms with Crippen LogP contribution in [0.4, 0.5) is 4.79 Å². The van der Waals surface area contributed by atoms with Crippen molar-refractivity contribution in [2.24, 2.45) is 4.99 Å². The topological polar surface area (TPSA) is 112 Å². The number of carbonyl (C=O) groups is 1. The first-order chi connectivity index (χ1) is 9.53. The van der Waals surface area contributed by atoms with Crippen LogP contribution < -0.4 is 0 Å². The molecule has 2 rings (SSSR count). The molecule has 1 saturated heterocycles. The van der Waals surface area contributed by atoms with Crippen LogP contribution >= 0.6 is 11.8 Å². The highest BCUT2D eigenvalue weighted by Gasteiger charge is 2.49. The van der Waals surface area contributed by atoms with E-state index in [0.29, 0.717) is 11.7 Å². The number of aliphatic hydroxyl groups excluding tert-OH is 3. The molecule has 20 heavy (non-hydrogen) atoms. The standard InChI is InChI=1S/C11H18N2O6S/c1-3-13(11(17)18-2)10-12-6-8(16)7(15)5(4-14)19-9(6)20-10/h5-9,14-16H,3-4H2,1-2H3/t5-,6-,7-,8-,9-/m1/s1. The number of amides is 1. The maximum atomic E-state index is 11.6. The quantitative estimate of drug-likeness (QED) is 0.599. The second kappa shape index (κ2) is 6.27. The van der Waals surface area contributed by atoms with Gasteiger partial charge in [-0.3, -0.25) is 9.89 Å². The minimum atomic E-state index is -1.21. The van der Waals surface area contributed by atoms with Crippen molar-refractivity contribution in [3.8, 4) is 0 Å². The zero-order valence-electron chi connectivity index (χ0n) is 11.2. The summed E-state index contributed by atoms with van der Waals surface area (Å²) >= 11 is 1.17. The minimum absolute atomic E-state index is 0.361. The summed E-state index contributed by atoms with van der Waals surface area (Å²) in [5.74, 6) is 0. The summed E-state index contributed by atoms with van der Waals surface area (Å²) in [7, 11) is 1.27. The van der Waals surface area contributed by atoms with Gasteiger partial charge in [0.2, 0.25) is 0 Å². The average molecular weight is 306 g/mol. The highest BCUT2D eigenvalue weighted by molar-refractivity contribution is 8.14. The molecule has 2 aliphatic rings. The van der Waals surface area contributed by atoms with E-state index in [0.717, 1.165) is 0 Å². The minimum Gasteiger partial charge on any atom is -0.452 e. The van der Waals surface area contributed by atoms with E-state index >= 15 is 0 Å². The maximum Gasteiger partial charge on any atom is 0.415 e. The highest BCUT2D eigenvalue weighted by atomic mass is 32.2. The predicted octanol–water partition coefficient (Wildman–Crippen LogP) is -1.01. The summed E-state index contributed by atoms with van der Waals surface area (Å²) in [6.07, 6.45) is -3.77. The fraction of sp³-hybridized carbons (Fsp3) is 0.818. The molecular weight excluding hydrogens is 288 g/mol. The number of hydrogen-bond donors (Lipinski definition) is 3. The van der Waals surface area contributed by atoms with Crippen LogP contribution in [0.3, 0.4) is 0 Å². The lowest BCUT2D eigenvalue weighted by Crippen LogP contribution is -2.55. The number of carbonyl (C=O) groups excluding carboxylic acids is 1. The zero-order valence-corrected chi connectivity index (χ0v) is 12.0. The van der Waals surface area contributed by atoms with Crippen LogP contribution in [0.2, 0.25) is 0 Å². The SMILES string of the molecule is CCN(C(=O)OC)C1=N[C@@H]2[C@@H](O)[C@H](O)[C@@H](CO)O[C@@H]2S1. The Labute approximate surface area is 120 Å². The Morgan fingerprint density at radius 1 is 1.50 bits per heavy atom. The van der Waals surface area contributed by atoms with E-state index in [1.54, 1.807) is 6.92 Å². The number of thioether (sulfide) groups is 1. The van der Waals surface area contributed by atoms with Gasteiger partial charge in [-0.15, -0.1) is 0 Å². The first kappa shape index (κ1) is 15.5. The number of aliphatic imine (C=N–C) groups is 1.